The number of hydrogen-bond donors (Lipinski definition) is 20. The molecule has 7 heterocycles. The van der Waals surface area contributed by atoms with E-state index in [1.54, 1.807) is 32.9 Å². The molecular weight excluding hydrogens is 1770 g/mol. The molecule has 5 unspecified atom stereocenters. The number of benzene rings is 7. The average molecular weight is 1880 g/mol. The van der Waals surface area contributed by atoms with Gasteiger partial charge in [-0.05, 0) is 150 Å². The number of nitrogens with two attached hydrogens (primary N) is 1. The van der Waals surface area contributed by atoms with Crippen LogP contribution in [0.15, 0.2) is 121 Å². The Morgan fingerprint density at radius 3 is 1.89 bits per heavy atom. The number of carbonyl (C=O) groups excluding carboxylic acids is 8. The molecule has 131 heavy (non-hydrogen) atoms. The van der Waals surface area contributed by atoms with Crippen LogP contribution in [0, 0.1) is 23.7 Å². The van der Waals surface area contributed by atoms with E-state index < -0.39 is 281 Å². The number of fused-ring (bicyclic) bond motifs is 15. The van der Waals surface area contributed by atoms with Crippen LogP contribution < -0.4 is 51.8 Å². The number of rotatable bonds is 25. The van der Waals surface area contributed by atoms with E-state index in [-0.39, 0.29) is 90.1 Å². The van der Waals surface area contributed by atoms with Gasteiger partial charge in [0, 0.05) is 72.1 Å². The van der Waals surface area contributed by atoms with Gasteiger partial charge in [0.1, 0.15) is 108 Å². The molecule has 21 N–H and O–H groups in total. The Morgan fingerprint density at radius 1 is 0.664 bits per heavy atom. The Bertz CT molecular complexity index is 5350. The highest BCUT2D eigenvalue weighted by atomic mass is 35.5. The van der Waals surface area contributed by atoms with Gasteiger partial charge in [-0.25, -0.2) is 0 Å². The number of amides is 5. The molecule has 7 aromatic carbocycles. The van der Waals surface area contributed by atoms with Crippen molar-refractivity contribution in [3.8, 4) is 68.2 Å². The maximum absolute atomic E-state index is 16.6. The van der Waals surface area contributed by atoms with E-state index in [9.17, 15) is 80.8 Å². The van der Waals surface area contributed by atoms with Crippen LogP contribution in [0.2, 0.25) is 15.1 Å². The van der Waals surface area contributed by atoms with Crippen molar-refractivity contribution in [2.45, 2.75) is 214 Å². The smallest absolute Gasteiger partial charge is 0.295 e. The van der Waals surface area contributed by atoms with E-state index in [0.29, 0.717) is 11.4 Å². The largest absolute Gasteiger partial charge is 0.507 e. The number of phenols is 3. The molecule has 2 saturated heterocycles. The summed E-state index contributed by atoms with van der Waals surface area (Å²) >= 11 is 20.7. The van der Waals surface area contributed by atoms with Crippen LogP contribution in [0.3, 0.4) is 0 Å². The van der Waals surface area contributed by atoms with Crippen LogP contribution in [-0.4, -0.2) is 232 Å². The van der Waals surface area contributed by atoms with Crippen LogP contribution in [0.4, 0.5) is 0 Å². The standard InChI is InChI=1S/C92H106Cl3N7O29/c1-6-43(23-40(2)3)85(120)100-72-61(108)28-50(31-69(96)110)86(121)99-71-49-29-65(127-63-19-14-47(74(72)111)26-57(63)94)82(131-91-83(80(117)78(115)68(38-104)130-91)126-52-24-41(4)84(119)92(5,34-52)98-35-42-7-9-44(10-8-42)45-11-16-51(93)17-12-45)66(30-49)128-64-20-15-48(27-58(64)95)75(112)73-88(123)102-89(125-39-105)55-33-60(107)56(36-97-21-22-124-90-81(118)79(116)77(114)67(37-103)129-90)76(113)70(55)54-25-46(13-18-59(54)106)53(32-62(71)109)87(122)101-73/h7-20,25-27,29-30,33,39-41,43,50,52-53,67-68,71-75,77-81,83-84,89-91,97-98,103-104,106-107,111-119H,6,21-24,28,31-32,34-38H2,1-5H3,(H2,96,110)(H,99,121)(H,100,120)(H,101,122)(H,102,123)/t41-,43-,50+,52-,53+,67?,68-,71-,72+,73+,74-,75-,77-,78?,79+,80?,81?,83-,84-,89-,90+,91+,92?/m1/s1. The van der Waals surface area contributed by atoms with Gasteiger partial charge in [0.25, 0.3) is 6.47 Å². The second-order valence-electron chi connectivity index (χ2n) is 34.4. The first-order chi connectivity index (χ1) is 62.4. The van der Waals surface area contributed by atoms with Crippen LogP contribution >= 0.6 is 34.8 Å². The third kappa shape index (κ3) is 22.0. The number of ether oxygens (including phenoxy) is 8. The Balaban J connectivity index is 0.961. The van der Waals surface area contributed by atoms with Crippen molar-refractivity contribution >= 4 is 82.4 Å². The monoisotopic (exact) mass is 1880 g/mol. The SMILES string of the molecule is CC[C@H](CC(C)C)C(=O)N[C@H]1C(=O)C[C@@H](CC(N)=O)C(=O)N[C@H]2C(=O)C[C@@H]3C(=O)N[C@H](C(=O)N[C@H](OC=O)c4cc(O)c(CNCCO[C@H]5OC(CO)[C@@H](O)[C@H](O)C5O)c(O)c4-c4cc3ccc4O)[C@H](O)c3ccc(c(Cl)c3)Oc3cc2cc(c3O[C@@H]2O[C@H](CO)C(O)C(O)[C@H]2O[C@@H]2C[C@@H](C)[C@@H](O)C(C)(NCc3ccc(-c4ccc(Cl)cc4)cc3)C2)Oc2ccc(cc2Cl)[C@H]1O. The predicted molar refractivity (Wildman–Crippen MR) is 467 cm³/mol. The number of primary amides is 1. The normalized spacial score (nSPS) is 29.0. The van der Waals surface area contributed by atoms with Gasteiger partial charge in [-0.15, -0.1) is 0 Å². The first-order valence-electron chi connectivity index (χ1n) is 42.8. The molecule has 0 aromatic heterocycles. The highest BCUT2D eigenvalue weighted by Crippen LogP contribution is 2.52. The molecule has 0 spiro atoms. The maximum Gasteiger partial charge on any atom is 0.295 e. The maximum atomic E-state index is 16.6. The van der Waals surface area contributed by atoms with Crippen molar-refractivity contribution in [1.82, 2.24) is 31.9 Å². The minimum absolute atomic E-state index is 0.0425. The molecule has 11 bridgehead atoms. The summed E-state index contributed by atoms with van der Waals surface area (Å²) in [7, 11) is 0. The van der Waals surface area contributed by atoms with E-state index in [2.05, 4.69) is 31.9 Å². The topological polar surface area (TPSA) is 572 Å². The number of aliphatic hydroxyl groups is 10. The van der Waals surface area contributed by atoms with Crippen LogP contribution in [0.25, 0.3) is 22.3 Å². The molecule has 0 radical (unpaired) electrons. The number of carbonyl (C=O) groups is 8. The summed E-state index contributed by atoms with van der Waals surface area (Å²) in [5.74, 6) is -18.0. The molecule has 704 valence electrons. The predicted octanol–water partition coefficient (Wildman–Crippen LogP) is 5.29. The molecule has 8 aliphatic rings. The molecule has 7 aliphatic heterocycles. The number of halogens is 3. The van der Waals surface area contributed by atoms with E-state index in [0.717, 1.165) is 59.2 Å². The molecule has 1 aliphatic carbocycles. The quantitative estimate of drug-likeness (QED) is 0.0255. The second-order valence-corrected chi connectivity index (χ2v) is 35.7. The fourth-order valence-corrected chi connectivity index (χ4v) is 18.1. The van der Waals surface area contributed by atoms with Crippen molar-refractivity contribution in [2.24, 2.45) is 29.4 Å². The Morgan fingerprint density at radius 2 is 1.28 bits per heavy atom. The number of aliphatic hydroxyl groups excluding tert-OH is 10. The van der Waals surface area contributed by atoms with Gasteiger partial charge in [-0.3, -0.25) is 38.4 Å². The first kappa shape index (κ1) is 98.2. The lowest BCUT2D eigenvalue weighted by Gasteiger charge is -2.48. The Kier molecular flexibility index (Phi) is 31.7. The van der Waals surface area contributed by atoms with Crippen LogP contribution in [-0.2, 0) is 75.1 Å². The third-order valence-corrected chi connectivity index (χ3v) is 25.6. The van der Waals surface area contributed by atoms with Crippen molar-refractivity contribution in [3.63, 3.8) is 0 Å². The summed E-state index contributed by atoms with van der Waals surface area (Å²) in [5, 5.41) is 167. The van der Waals surface area contributed by atoms with Gasteiger partial charge >= 0.3 is 0 Å². The zero-order valence-electron chi connectivity index (χ0n) is 71.7. The number of Topliss-reactive ketones (excluding diaryl/α,β-unsaturated/α-hetero) is 2. The summed E-state index contributed by atoms with van der Waals surface area (Å²) in [6.07, 6.45) is -28.1. The highest BCUT2D eigenvalue weighted by Gasteiger charge is 2.53. The molecule has 5 amide bonds. The van der Waals surface area contributed by atoms with Crippen molar-refractivity contribution in [1.29, 1.82) is 0 Å². The zero-order valence-corrected chi connectivity index (χ0v) is 73.9. The summed E-state index contributed by atoms with van der Waals surface area (Å²) in [6, 6.07) is 22.3. The fraction of sp³-hybridized carbons (Fsp3) is 0.457. The fourth-order valence-electron chi connectivity index (χ4n) is 17.6. The number of hydrogen-bond acceptors (Lipinski definition) is 31. The summed E-state index contributed by atoms with van der Waals surface area (Å²) < 4.78 is 50.4. The van der Waals surface area contributed by atoms with E-state index in [4.69, 9.17) is 78.4 Å². The lowest BCUT2D eigenvalue weighted by atomic mass is 9.73. The summed E-state index contributed by atoms with van der Waals surface area (Å²) in [5.41, 5.74) is 4.66. The van der Waals surface area contributed by atoms with Gasteiger partial charge in [0.2, 0.25) is 47.8 Å². The van der Waals surface area contributed by atoms with Crippen molar-refractivity contribution in [2.75, 3.05) is 26.4 Å². The van der Waals surface area contributed by atoms with Crippen LogP contribution in [0.5, 0.6) is 46.0 Å². The lowest BCUT2D eigenvalue weighted by molar-refractivity contribution is -0.300. The average Bonchev–Trinajstić information content (AvgIpc) is 0.773. The van der Waals surface area contributed by atoms with Gasteiger partial charge < -0.3 is 142 Å². The highest BCUT2D eigenvalue weighted by molar-refractivity contribution is 6.32. The molecule has 36 nitrogen and oxygen atoms in total. The van der Waals surface area contributed by atoms with Crippen molar-refractivity contribution < 1.29 is 143 Å². The number of aromatic hydroxyl groups is 3. The lowest BCUT2D eigenvalue weighted by Crippen LogP contribution is -2.64. The summed E-state index contributed by atoms with van der Waals surface area (Å²) in [6.45, 7) is 6.46. The van der Waals surface area contributed by atoms with Gasteiger partial charge in [-0.1, -0.05) is 117 Å². The second kappa shape index (κ2) is 42.3. The van der Waals surface area contributed by atoms with Gasteiger partial charge in [-0.2, -0.15) is 0 Å². The minimum atomic E-state index is -2.26. The number of ketones is 2. The van der Waals surface area contributed by atoms with Crippen LogP contribution in [0.1, 0.15) is 149 Å². The first-order valence-corrected chi connectivity index (χ1v) is 43.9. The van der Waals surface area contributed by atoms with E-state index >= 15 is 24.0 Å². The Hall–Kier alpha value is -10.3. The molecule has 15 rings (SSSR count). The van der Waals surface area contributed by atoms with Crippen molar-refractivity contribution in [3.05, 3.63) is 175 Å². The molecule has 23 atom stereocenters. The van der Waals surface area contributed by atoms with Gasteiger partial charge in [0.15, 0.2) is 29.4 Å². The number of nitrogens with one attached hydrogen (secondary N) is 6. The van der Waals surface area contributed by atoms with E-state index in [1.165, 1.54) is 30.3 Å². The molecule has 39 heteroatoms. The third-order valence-electron chi connectivity index (χ3n) is 24.8. The molecule has 7 aromatic rings. The van der Waals surface area contributed by atoms with Gasteiger partial charge in [0.05, 0.1) is 59.5 Å². The summed E-state index contributed by atoms with van der Waals surface area (Å²) in [4.78, 5) is 120. The zero-order chi connectivity index (χ0) is 94.5. The molecule has 1 saturated carbocycles. The molecule has 3 fully saturated rings. The minimum Gasteiger partial charge on any atom is -0.507 e. The number of phenolic OH excluding ortho intramolecular Hbond substituents is 3. The Labute approximate surface area is 766 Å². The van der Waals surface area contributed by atoms with E-state index in [1.807, 2.05) is 50.2 Å². The molecular formula is C92H106Cl3N7O29.